The van der Waals surface area contributed by atoms with E-state index in [1.54, 1.807) is 0 Å². The van der Waals surface area contributed by atoms with Gasteiger partial charge in [-0.05, 0) is 0 Å². The van der Waals surface area contributed by atoms with Crippen LogP contribution in [0, 0.1) is 0 Å². The van der Waals surface area contributed by atoms with E-state index in [4.69, 9.17) is 0 Å². The Balaban J connectivity index is 0.00000121. The van der Waals surface area contributed by atoms with Crippen molar-refractivity contribution in [2.75, 3.05) is 0 Å². The Labute approximate surface area is 95.9 Å². The zero-order chi connectivity index (χ0) is 8.48. The maximum absolute atomic E-state index is 11.9. The van der Waals surface area contributed by atoms with Gasteiger partial charge in [-0.1, -0.05) is 24.3 Å². The van der Waals surface area contributed by atoms with Crippen molar-refractivity contribution in [2.24, 2.45) is 0 Å². The van der Waals surface area contributed by atoms with Gasteiger partial charge < -0.3 is 12.6 Å². The van der Waals surface area contributed by atoms with Gasteiger partial charge in [0.15, 0.2) is 0 Å². The average molecular weight is 200 g/mol. The summed E-state index contributed by atoms with van der Waals surface area (Å²) < 4.78 is 35.8. The fraction of sp³-hybridized carbons (Fsp3) is 0.143. The quantitative estimate of drug-likeness (QED) is 0.406. The second-order valence-corrected chi connectivity index (χ2v) is 2.50. The minimum Gasteiger partial charge on any atom is -0.780 e. The van der Waals surface area contributed by atoms with E-state index in [1.165, 1.54) is 12.1 Å². The fourth-order valence-electron chi connectivity index (χ4n) is 0.672. The molecule has 0 nitrogen and oxygen atoms in total. The third-order valence-electron chi connectivity index (χ3n) is 1.16. The van der Waals surface area contributed by atoms with E-state index in [0.717, 1.165) is 12.1 Å². The van der Waals surface area contributed by atoms with Gasteiger partial charge in [-0.2, -0.15) is 18.1 Å². The Bertz CT molecular complexity index is 259. The van der Waals surface area contributed by atoms with Gasteiger partial charge in [0.2, 0.25) is 0 Å². The van der Waals surface area contributed by atoms with E-state index >= 15 is 0 Å². The molecule has 0 saturated heterocycles. The molecule has 1 aromatic carbocycles. The molecule has 0 fully saturated rings. The number of hydrogen-bond acceptors (Lipinski definition) is 1. The standard InChI is InChI=1S/C7H5F3S.Na/c8-7(9,10)5-2-1-3-6(11)4-5;/h1-4,11H;/q;+1/p-1. The first-order valence-corrected chi connectivity index (χ1v) is 3.25. The molecule has 0 unspecified atom stereocenters. The summed E-state index contributed by atoms with van der Waals surface area (Å²) in [7, 11) is 0. The third-order valence-corrected chi connectivity index (χ3v) is 1.42. The monoisotopic (exact) mass is 200 g/mol. The molecule has 1 aromatic rings. The Morgan fingerprint density at radius 3 is 2.08 bits per heavy atom. The summed E-state index contributed by atoms with van der Waals surface area (Å²) in [6.45, 7) is 0. The van der Waals surface area contributed by atoms with Crippen LogP contribution >= 0.6 is 0 Å². The number of benzene rings is 1. The van der Waals surface area contributed by atoms with Crippen molar-refractivity contribution >= 4 is 12.6 Å². The van der Waals surface area contributed by atoms with E-state index in [1.807, 2.05) is 0 Å². The molecule has 0 bridgehead atoms. The smallest absolute Gasteiger partial charge is 0.780 e. The number of halogens is 3. The second-order valence-electron chi connectivity index (χ2n) is 2.03. The van der Waals surface area contributed by atoms with Crippen molar-refractivity contribution in [3.63, 3.8) is 0 Å². The molecule has 12 heavy (non-hydrogen) atoms. The van der Waals surface area contributed by atoms with Crippen molar-refractivity contribution < 1.29 is 42.7 Å². The third kappa shape index (κ3) is 3.31. The molecule has 0 spiro atoms. The van der Waals surface area contributed by atoms with Crippen LogP contribution in [0.2, 0.25) is 0 Å². The topological polar surface area (TPSA) is 0 Å². The Kier molecular flexibility index (Phi) is 4.55. The van der Waals surface area contributed by atoms with E-state index in [-0.39, 0.29) is 34.5 Å². The molecule has 5 heteroatoms. The summed E-state index contributed by atoms with van der Waals surface area (Å²) in [4.78, 5) is 0.208. The van der Waals surface area contributed by atoms with Crippen molar-refractivity contribution in [1.82, 2.24) is 0 Å². The van der Waals surface area contributed by atoms with Crippen LogP contribution in [-0.4, -0.2) is 0 Å². The van der Waals surface area contributed by atoms with E-state index in [2.05, 4.69) is 12.6 Å². The molecule has 60 valence electrons. The zero-order valence-corrected chi connectivity index (χ0v) is 9.17. The number of hydrogen-bond donors (Lipinski definition) is 0. The zero-order valence-electron chi connectivity index (χ0n) is 6.35. The molecule has 0 aliphatic rings. The maximum atomic E-state index is 11.9. The van der Waals surface area contributed by atoms with Crippen LogP contribution in [0.25, 0.3) is 0 Å². The molecule has 0 aliphatic carbocycles. The second kappa shape index (κ2) is 4.46. The van der Waals surface area contributed by atoms with E-state index < -0.39 is 11.7 Å². The van der Waals surface area contributed by atoms with Crippen molar-refractivity contribution in [1.29, 1.82) is 0 Å². The molecule has 1 rings (SSSR count). The first-order valence-electron chi connectivity index (χ1n) is 2.84. The maximum Gasteiger partial charge on any atom is 1.00 e. The Morgan fingerprint density at radius 1 is 1.17 bits per heavy atom. The SMILES string of the molecule is FC(F)(F)c1cccc([S-])c1.[Na+]. The van der Waals surface area contributed by atoms with Crippen LogP contribution in [0.15, 0.2) is 29.2 Å². The van der Waals surface area contributed by atoms with Gasteiger partial charge in [-0.3, -0.25) is 0 Å². The molecule has 0 N–H and O–H groups in total. The minimum atomic E-state index is -4.28. The van der Waals surface area contributed by atoms with Gasteiger partial charge in [0.1, 0.15) is 0 Å². The van der Waals surface area contributed by atoms with Gasteiger partial charge >= 0.3 is 35.7 Å². The summed E-state index contributed by atoms with van der Waals surface area (Å²) >= 11 is 4.57. The van der Waals surface area contributed by atoms with Crippen LogP contribution in [-0.2, 0) is 18.8 Å². The van der Waals surface area contributed by atoms with Crippen molar-refractivity contribution in [2.45, 2.75) is 11.1 Å². The van der Waals surface area contributed by atoms with Crippen molar-refractivity contribution in [3.05, 3.63) is 29.8 Å². The van der Waals surface area contributed by atoms with Crippen LogP contribution in [0.1, 0.15) is 5.56 Å². The van der Waals surface area contributed by atoms with Crippen molar-refractivity contribution in [3.8, 4) is 0 Å². The minimum absolute atomic E-state index is 0. The largest absolute Gasteiger partial charge is 1.00 e. The summed E-state index contributed by atoms with van der Waals surface area (Å²) in [6, 6.07) is 4.68. The molecule has 0 saturated carbocycles. The van der Waals surface area contributed by atoms with Gasteiger partial charge in [-0.25, -0.2) is 0 Å². The summed E-state index contributed by atoms with van der Waals surface area (Å²) in [5.74, 6) is 0. The van der Waals surface area contributed by atoms with Gasteiger partial charge in [-0.15, -0.1) is 0 Å². The van der Waals surface area contributed by atoms with Crippen LogP contribution in [0.4, 0.5) is 13.2 Å². The summed E-state index contributed by atoms with van der Waals surface area (Å²) in [6.07, 6.45) is -4.28. The van der Waals surface area contributed by atoms with Gasteiger partial charge in [0.25, 0.3) is 0 Å². The Hall–Kier alpha value is 0.230. The molecule has 0 radical (unpaired) electrons. The van der Waals surface area contributed by atoms with E-state index in [9.17, 15) is 13.2 Å². The number of alkyl halides is 3. The molecule has 0 heterocycles. The predicted octanol–water partition coefficient (Wildman–Crippen LogP) is -0.385. The molecule has 0 amide bonds. The molecular formula is C7H4F3NaS. The predicted molar refractivity (Wildman–Crippen MR) is 37.1 cm³/mol. The summed E-state index contributed by atoms with van der Waals surface area (Å²) in [5.41, 5.74) is -0.690. The molecule has 0 aliphatic heterocycles. The normalized spacial score (nSPS) is 10.6. The van der Waals surface area contributed by atoms with Crippen LogP contribution in [0.5, 0.6) is 0 Å². The number of rotatable bonds is 0. The fourth-order valence-corrected chi connectivity index (χ4v) is 0.878. The van der Waals surface area contributed by atoms with Crippen LogP contribution < -0.4 is 29.6 Å². The first kappa shape index (κ1) is 12.2. The first-order chi connectivity index (χ1) is 5.00. The van der Waals surface area contributed by atoms with Crippen LogP contribution in [0.3, 0.4) is 0 Å². The Morgan fingerprint density at radius 2 is 1.75 bits per heavy atom. The molecule has 0 atom stereocenters. The molecule has 0 aromatic heterocycles. The van der Waals surface area contributed by atoms with E-state index in [0.29, 0.717) is 0 Å². The van der Waals surface area contributed by atoms with Gasteiger partial charge in [0.05, 0.1) is 5.56 Å². The summed E-state index contributed by atoms with van der Waals surface area (Å²) in [5, 5.41) is 0. The molecular weight excluding hydrogens is 196 g/mol. The average Bonchev–Trinajstić information content (AvgIpc) is 1.86. The van der Waals surface area contributed by atoms with Gasteiger partial charge in [0, 0.05) is 0 Å².